The van der Waals surface area contributed by atoms with Crippen molar-refractivity contribution in [1.82, 2.24) is 0 Å². The van der Waals surface area contributed by atoms with Crippen LogP contribution in [-0.4, -0.2) is 6.21 Å². The van der Waals surface area contributed by atoms with Crippen molar-refractivity contribution < 1.29 is 0 Å². The fourth-order valence-corrected chi connectivity index (χ4v) is 2.02. The molecule has 0 radical (unpaired) electrons. The summed E-state index contributed by atoms with van der Waals surface area (Å²) >= 11 is 3.49. The van der Waals surface area contributed by atoms with E-state index < -0.39 is 0 Å². The molecule has 0 amide bonds. The molecule has 0 aliphatic carbocycles. The van der Waals surface area contributed by atoms with E-state index in [4.69, 9.17) is 0 Å². The third kappa shape index (κ3) is 1.11. The normalized spacial score (nSPS) is 19.7. The average Bonchev–Trinajstić information content (AvgIpc) is 2.49. The van der Waals surface area contributed by atoms with Crippen LogP contribution in [0.4, 0.5) is 5.69 Å². The lowest BCUT2D eigenvalue weighted by Gasteiger charge is -2.05. The highest BCUT2D eigenvalue weighted by Gasteiger charge is 2.18. The maximum atomic E-state index is 4.38. The van der Waals surface area contributed by atoms with Crippen LogP contribution in [0, 0.1) is 0 Å². The molecule has 1 aromatic rings. The Morgan fingerprint density at radius 3 is 3.08 bits per heavy atom. The Labute approximate surface area is 80.6 Å². The highest BCUT2D eigenvalue weighted by Crippen LogP contribution is 2.38. The minimum absolute atomic E-state index is 0.525. The molecule has 0 saturated carbocycles. The van der Waals surface area contributed by atoms with Crippen LogP contribution in [0.3, 0.4) is 0 Å². The number of para-hydroxylation sites is 1. The van der Waals surface area contributed by atoms with Crippen LogP contribution in [0.2, 0.25) is 0 Å². The first-order chi connectivity index (χ1) is 5.83. The summed E-state index contributed by atoms with van der Waals surface area (Å²) in [5, 5.41) is 0. The van der Waals surface area contributed by atoms with E-state index in [9.17, 15) is 0 Å². The fraction of sp³-hybridized carbons (Fsp3) is 0.300. The van der Waals surface area contributed by atoms with E-state index in [1.54, 1.807) is 0 Å². The number of hydrogen-bond donors (Lipinski definition) is 0. The zero-order valence-electron chi connectivity index (χ0n) is 6.92. The molecule has 1 nitrogen and oxygen atoms in total. The quantitative estimate of drug-likeness (QED) is 0.690. The molecule has 1 aliphatic heterocycles. The van der Waals surface area contributed by atoms with Crippen LogP contribution < -0.4 is 0 Å². The summed E-state index contributed by atoms with van der Waals surface area (Å²) in [7, 11) is 0. The molecule has 62 valence electrons. The predicted octanol–water partition coefficient (Wildman–Crippen LogP) is 3.66. The zero-order valence-corrected chi connectivity index (χ0v) is 8.51. The van der Waals surface area contributed by atoms with Crippen LogP contribution in [-0.2, 0) is 0 Å². The van der Waals surface area contributed by atoms with E-state index in [0.29, 0.717) is 5.92 Å². The molecule has 0 spiro atoms. The first kappa shape index (κ1) is 7.99. The van der Waals surface area contributed by atoms with E-state index in [2.05, 4.69) is 40.0 Å². The lowest BCUT2D eigenvalue weighted by molar-refractivity contribution is 0.875. The first-order valence-corrected chi connectivity index (χ1v) is 4.95. The number of benzene rings is 1. The van der Waals surface area contributed by atoms with Gasteiger partial charge in [0, 0.05) is 16.6 Å². The smallest absolute Gasteiger partial charge is 0.0806 e. The van der Waals surface area contributed by atoms with E-state index in [1.165, 1.54) is 5.56 Å². The molecule has 0 aromatic heterocycles. The summed E-state index contributed by atoms with van der Waals surface area (Å²) in [5.41, 5.74) is 2.47. The Balaban J connectivity index is 2.52. The van der Waals surface area contributed by atoms with Gasteiger partial charge in [0.2, 0.25) is 0 Å². The van der Waals surface area contributed by atoms with E-state index in [0.717, 1.165) is 16.6 Å². The summed E-state index contributed by atoms with van der Waals surface area (Å²) in [5.74, 6) is 0.525. The van der Waals surface area contributed by atoms with Crippen LogP contribution in [0.25, 0.3) is 0 Å². The number of hydrogen-bond acceptors (Lipinski definition) is 1. The van der Waals surface area contributed by atoms with Crippen LogP contribution in [0.1, 0.15) is 24.8 Å². The number of aliphatic imine (C=N–C) groups is 1. The Bertz CT molecular complexity index is 331. The molecule has 1 aromatic carbocycles. The monoisotopic (exact) mass is 223 g/mol. The van der Waals surface area contributed by atoms with Crippen molar-refractivity contribution in [3.05, 3.63) is 28.2 Å². The highest BCUT2D eigenvalue weighted by molar-refractivity contribution is 9.10. The van der Waals surface area contributed by atoms with Gasteiger partial charge in [-0.1, -0.05) is 19.1 Å². The second-order valence-electron chi connectivity index (χ2n) is 2.97. The molecule has 0 N–H and O–H groups in total. The number of nitrogens with zero attached hydrogens (tertiary/aromatic N) is 1. The SMILES string of the molecule is CCC1C=Nc2c(Br)cccc21. The molecule has 2 heteroatoms. The van der Waals surface area contributed by atoms with Gasteiger partial charge >= 0.3 is 0 Å². The number of rotatable bonds is 1. The van der Waals surface area contributed by atoms with Gasteiger partial charge in [-0.2, -0.15) is 0 Å². The van der Waals surface area contributed by atoms with Gasteiger partial charge in [0.25, 0.3) is 0 Å². The Morgan fingerprint density at radius 1 is 1.50 bits per heavy atom. The van der Waals surface area contributed by atoms with Crippen molar-refractivity contribution in [3.63, 3.8) is 0 Å². The molecule has 0 fully saturated rings. The van der Waals surface area contributed by atoms with Gasteiger partial charge in [-0.25, -0.2) is 0 Å². The molecular weight excluding hydrogens is 214 g/mol. The fourth-order valence-electron chi connectivity index (χ4n) is 1.54. The first-order valence-electron chi connectivity index (χ1n) is 4.15. The highest BCUT2D eigenvalue weighted by atomic mass is 79.9. The molecule has 0 saturated heterocycles. The van der Waals surface area contributed by atoms with Gasteiger partial charge in [-0.05, 0) is 34.0 Å². The van der Waals surface area contributed by atoms with Crippen molar-refractivity contribution in [2.45, 2.75) is 19.3 Å². The summed E-state index contributed by atoms with van der Waals surface area (Å²) in [6.45, 7) is 2.19. The summed E-state index contributed by atoms with van der Waals surface area (Å²) in [6.07, 6.45) is 3.17. The van der Waals surface area contributed by atoms with Crippen molar-refractivity contribution in [2.24, 2.45) is 4.99 Å². The number of fused-ring (bicyclic) bond motifs is 1. The van der Waals surface area contributed by atoms with Crippen molar-refractivity contribution >= 4 is 27.8 Å². The third-order valence-corrected chi connectivity index (χ3v) is 2.88. The topological polar surface area (TPSA) is 12.4 Å². The van der Waals surface area contributed by atoms with E-state index in [-0.39, 0.29) is 0 Å². The second-order valence-corrected chi connectivity index (χ2v) is 3.82. The van der Waals surface area contributed by atoms with Crippen molar-refractivity contribution in [1.29, 1.82) is 0 Å². The van der Waals surface area contributed by atoms with Gasteiger partial charge in [0.05, 0.1) is 5.69 Å². The molecule has 1 heterocycles. The lowest BCUT2D eigenvalue weighted by atomic mass is 9.99. The van der Waals surface area contributed by atoms with Crippen LogP contribution in [0.5, 0.6) is 0 Å². The van der Waals surface area contributed by atoms with Gasteiger partial charge in [0.1, 0.15) is 0 Å². The van der Waals surface area contributed by atoms with Crippen LogP contribution >= 0.6 is 15.9 Å². The molecule has 2 rings (SSSR count). The maximum absolute atomic E-state index is 4.38. The van der Waals surface area contributed by atoms with E-state index in [1.807, 2.05) is 12.3 Å². The summed E-state index contributed by atoms with van der Waals surface area (Å²) in [4.78, 5) is 4.38. The minimum Gasteiger partial charge on any atom is -0.259 e. The van der Waals surface area contributed by atoms with Gasteiger partial charge in [-0.3, -0.25) is 4.99 Å². The lowest BCUT2D eigenvalue weighted by Crippen LogP contribution is -1.92. The van der Waals surface area contributed by atoms with Gasteiger partial charge < -0.3 is 0 Å². The Morgan fingerprint density at radius 2 is 2.33 bits per heavy atom. The zero-order chi connectivity index (χ0) is 8.55. The number of halogens is 1. The Hall–Kier alpha value is -0.630. The minimum atomic E-state index is 0.525. The predicted molar refractivity (Wildman–Crippen MR) is 55.3 cm³/mol. The average molecular weight is 224 g/mol. The summed E-state index contributed by atoms with van der Waals surface area (Å²) < 4.78 is 1.10. The molecular formula is C10H10BrN. The van der Waals surface area contributed by atoms with E-state index >= 15 is 0 Å². The standard InChI is InChI=1S/C10H10BrN/c1-2-7-6-12-10-8(7)4-3-5-9(10)11/h3-7H,2H2,1H3. The summed E-state index contributed by atoms with van der Waals surface area (Å²) in [6, 6.07) is 6.26. The van der Waals surface area contributed by atoms with Crippen molar-refractivity contribution in [2.75, 3.05) is 0 Å². The second kappa shape index (κ2) is 3.02. The van der Waals surface area contributed by atoms with Crippen molar-refractivity contribution in [3.8, 4) is 0 Å². The molecule has 0 bridgehead atoms. The van der Waals surface area contributed by atoms with Gasteiger partial charge in [0.15, 0.2) is 0 Å². The third-order valence-electron chi connectivity index (χ3n) is 2.24. The molecule has 12 heavy (non-hydrogen) atoms. The maximum Gasteiger partial charge on any atom is 0.0806 e. The molecule has 1 unspecified atom stereocenters. The van der Waals surface area contributed by atoms with Crippen LogP contribution in [0.15, 0.2) is 27.7 Å². The van der Waals surface area contributed by atoms with Gasteiger partial charge in [-0.15, -0.1) is 0 Å². The largest absolute Gasteiger partial charge is 0.259 e. The molecule has 1 aliphatic rings. The molecule has 1 atom stereocenters. The Kier molecular flexibility index (Phi) is 2.01.